The average Bonchev–Trinajstić information content (AvgIpc) is 2.56. The van der Waals surface area contributed by atoms with Gasteiger partial charge in [0, 0.05) is 5.02 Å². The maximum absolute atomic E-state index is 13.5. The van der Waals surface area contributed by atoms with Crippen LogP contribution in [0.25, 0.3) is 0 Å². The zero-order valence-electron chi connectivity index (χ0n) is 13.1. The standard InChI is InChI=1S/C17H16Cl2FNO3/c1-10(13-7-16(20)15(19)8-14(13)18)21-17(22)9-24-12-5-3-11(23-2)4-6-12/h3-8,10H,9H2,1-2H3,(H,21,22)/t10-/m1/s1. The van der Waals surface area contributed by atoms with Gasteiger partial charge in [0.1, 0.15) is 17.3 Å². The molecular formula is C17H16Cl2FNO3. The van der Waals surface area contributed by atoms with Crippen LogP contribution >= 0.6 is 23.2 Å². The number of rotatable bonds is 6. The molecule has 0 heterocycles. The highest BCUT2D eigenvalue weighted by Gasteiger charge is 2.16. The van der Waals surface area contributed by atoms with Crippen molar-refractivity contribution < 1.29 is 18.7 Å². The van der Waals surface area contributed by atoms with Crippen molar-refractivity contribution in [1.29, 1.82) is 0 Å². The molecule has 2 aromatic rings. The number of benzene rings is 2. The second-order valence-corrected chi connectivity index (χ2v) is 5.86. The van der Waals surface area contributed by atoms with Crippen LogP contribution in [0.1, 0.15) is 18.5 Å². The van der Waals surface area contributed by atoms with Crippen LogP contribution in [0.5, 0.6) is 11.5 Å². The van der Waals surface area contributed by atoms with Crippen molar-refractivity contribution in [3.63, 3.8) is 0 Å². The van der Waals surface area contributed by atoms with Gasteiger partial charge in [-0.1, -0.05) is 23.2 Å². The first-order valence-corrected chi connectivity index (χ1v) is 7.87. The molecule has 0 radical (unpaired) electrons. The van der Waals surface area contributed by atoms with Crippen LogP contribution < -0.4 is 14.8 Å². The van der Waals surface area contributed by atoms with Gasteiger partial charge in [0.2, 0.25) is 0 Å². The SMILES string of the molecule is COc1ccc(OCC(=O)N[C@H](C)c2cc(F)c(Cl)cc2Cl)cc1. The number of hydrogen-bond acceptors (Lipinski definition) is 3. The number of carbonyl (C=O) groups excluding carboxylic acids is 1. The third-order valence-corrected chi connectivity index (χ3v) is 3.93. The van der Waals surface area contributed by atoms with E-state index in [0.717, 1.165) is 0 Å². The Morgan fingerprint density at radius 1 is 1.17 bits per heavy atom. The minimum Gasteiger partial charge on any atom is -0.497 e. The highest BCUT2D eigenvalue weighted by Crippen LogP contribution is 2.28. The van der Waals surface area contributed by atoms with Gasteiger partial charge < -0.3 is 14.8 Å². The molecule has 0 aliphatic carbocycles. The topological polar surface area (TPSA) is 47.6 Å². The van der Waals surface area contributed by atoms with Crippen LogP contribution in [0.15, 0.2) is 36.4 Å². The van der Waals surface area contributed by atoms with Crippen molar-refractivity contribution >= 4 is 29.1 Å². The van der Waals surface area contributed by atoms with Crippen LogP contribution in [0.4, 0.5) is 4.39 Å². The molecule has 24 heavy (non-hydrogen) atoms. The number of nitrogens with one attached hydrogen (secondary N) is 1. The molecule has 0 bridgehead atoms. The van der Waals surface area contributed by atoms with Gasteiger partial charge in [-0.2, -0.15) is 0 Å². The molecule has 0 aromatic heterocycles. The van der Waals surface area contributed by atoms with Gasteiger partial charge >= 0.3 is 0 Å². The Morgan fingerprint density at radius 3 is 2.42 bits per heavy atom. The zero-order chi connectivity index (χ0) is 17.7. The van der Waals surface area contributed by atoms with Crippen LogP contribution in [-0.2, 0) is 4.79 Å². The first-order valence-electron chi connectivity index (χ1n) is 7.11. The predicted molar refractivity (Wildman–Crippen MR) is 91.5 cm³/mol. The molecule has 1 amide bonds. The fourth-order valence-corrected chi connectivity index (χ4v) is 2.60. The van der Waals surface area contributed by atoms with Gasteiger partial charge in [0.05, 0.1) is 18.2 Å². The highest BCUT2D eigenvalue weighted by atomic mass is 35.5. The van der Waals surface area contributed by atoms with E-state index in [1.807, 2.05) is 0 Å². The molecule has 1 atom stereocenters. The van der Waals surface area contributed by atoms with Crippen LogP contribution in [0.3, 0.4) is 0 Å². The Kier molecular flexibility index (Phi) is 6.29. The molecular weight excluding hydrogens is 356 g/mol. The Bertz CT molecular complexity index is 723. The summed E-state index contributed by atoms with van der Waals surface area (Å²) in [5.41, 5.74) is 0.441. The fourth-order valence-electron chi connectivity index (χ4n) is 2.05. The van der Waals surface area contributed by atoms with Gasteiger partial charge in [-0.3, -0.25) is 4.79 Å². The Morgan fingerprint density at radius 2 is 1.79 bits per heavy atom. The molecule has 128 valence electrons. The first-order chi connectivity index (χ1) is 11.4. The molecule has 1 N–H and O–H groups in total. The summed E-state index contributed by atoms with van der Waals surface area (Å²) in [4.78, 5) is 12.0. The highest BCUT2D eigenvalue weighted by molar-refractivity contribution is 6.35. The van der Waals surface area contributed by atoms with Crippen molar-refractivity contribution in [1.82, 2.24) is 5.32 Å². The molecule has 0 saturated heterocycles. The minimum atomic E-state index is -0.591. The largest absolute Gasteiger partial charge is 0.497 e. The number of halogens is 3. The number of methoxy groups -OCH3 is 1. The molecule has 0 saturated carbocycles. The van der Waals surface area contributed by atoms with E-state index in [1.165, 1.54) is 12.1 Å². The van der Waals surface area contributed by atoms with Crippen molar-refractivity contribution in [2.24, 2.45) is 0 Å². The molecule has 0 unspecified atom stereocenters. The Balaban J connectivity index is 1.92. The summed E-state index contributed by atoms with van der Waals surface area (Å²) >= 11 is 11.7. The number of carbonyl (C=O) groups is 1. The van der Waals surface area contributed by atoms with E-state index >= 15 is 0 Å². The third-order valence-electron chi connectivity index (χ3n) is 3.31. The van der Waals surface area contributed by atoms with Gasteiger partial charge in [-0.15, -0.1) is 0 Å². The van der Waals surface area contributed by atoms with E-state index < -0.39 is 11.9 Å². The summed E-state index contributed by atoms with van der Waals surface area (Å²) in [5.74, 6) is 0.283. The molecule has 7 heteroatoms. The predicted octanol–water partition coefficient (Wildman–Crippen LogP) is 4.40. The number of amides is 1. The van der Waals surface area contributed by atoms with E-state index in [-0.39, 0.29) is 22.6 Å². The van der Waals surface area contributed by atoms with Crippen molar-refractivity contribution in [2.75, 3.05) is 13.7 Å². The zero-order valence-corrected chi connectivity index (χ0v) is 14.6. The lowest BCUT2D eigenvalue weighted by molar-refractivity contribution is -0.123. The molecule has 2 aromatic carbocycles. The van der Waals surface area contributed by atoms with E-state index in [4.69, 9.17) is 32.7 Å². The van der Waals surface area contributed by atoms with Crippen molar-refractivity contribution in [3.8, 4) is 11.5 Å². The summed E-state index contributed by atoms with van der Waals surface area (Å²) in [6.07, 6.45) is 0. The minimum absolute atomic E-state index is 0.0647. The smallest absolute Gasteiger partial charge is 0.258 e. The summed E-state index contributed by atoms with van der Waals surface area (Å²) in [6, 6.07) is 8.88. The van der Waals surface area contributed by atoms with E-state index in [9.17, 15) is 9.18 Å². The van der Waals surface area contributed by atoms with E-state index in [0.29, 0.717) is 17.1 Å². The molecule has 0 fully saturated rings. The van der Waals surface area contributed by atoms with Gasteiger partial charge in [0.25, 0.3) is 5.91 Å². The molecule has 0 aliphatic heterocycles. The lowest BCUT2D eigenvalue weighted by atomic mass is 10.1. The van der Waals surface area contributed by atoms with Crippen LogP contribution in [-0.4, -0.2) is 19.6 Å². The van der Waals surface area contributed by atoms with Crippen molar-refractivity contribution in [3.05, 3.63) is 57.8 Å². The second-order valence-electron chi connectivity index (χ2n) is 5.04. The summed E-state index contributed by atoms with van der Waals surface area (Å²) in [5, 5.41) is 2.91. The molecule has 0 aliphatic rings. The third kappa shape index (κ3) is 4.76. The summed E-state index contributed by atoms with van der Waals surface area (Å²) in [6.45, 7) is 1.52. The van der Waals surface area contributed by atoms with Crippen LogP contribution in [0, 0.1) is 5.82 Å². The van der Waals surface area contributed by atoms with Crippen molar-refractivity contribution in [2.45, 2.75) is 13.0 Å². The second kappa shape index (κ2) is 8.22. The lowest BCUT2D eigenvalue weighted by Gasteiger charge is -2.16. The molecule has 2 rings (SSSR count). The normalized spacial score (nSPS) is 11.7. The molecule has 0 spiro atoms. The first kappa shape index (κ1) is 18.4. The Hall–Kier alpha value is -1.98. The average molecular weight is 372 g/mol. The molecule has 4 nitrogen and oxygen atoms in total. The quantitative estimate of drug-likeness (QED) is 0.765. The van der Waals surface area contributed by atoms with Crippen LogP contribution in [0.2, 0.25) is 10.0 Å². The van der Waals surface area contributed by atoms with E-state index in [1.54, 1.807) is 38.3 Å². The number of hydrogen-bond donors (Lipinski definition) is 1. The monoisotopic (exact) mass is 371 g/mol. The fraction of sp³-hybridized carbons (Fsp3) is 0.235. The summed E-state index contributed by atoms with van der Waals surface area (Å²) < 4.78 is 24.0. The lowest BCUT2D eigenvalue weighted by Crippen LogP contribution is -2.31. The maximum Gasteiger partial charge on any atom is 0.258 e. The van der Waals surface area contributed by atoms with E-state index in [2.05, 4.69) is 5.32 Å². The van der Waals surface area contributed by atoms with Gasteiger partial charge in [-0.05, 0) is 48.9 Å². The van der Waals surface area contributed by atoms with Gasteiger partial charge in [-0.25, -0.2) is 4.39 Å². The summed E-state index contributed by atoms with van der Waals surface area (Å²) in [7, 11) is 1.56. The number of ether oxygens (including phenoxy) is 2. The Labute approximate surface area is 149 Å². The maximum atomic E-state index is 13.5. The van der Waals surface area contributed by atoms with Gasteiger partial charge in [0.15, 0.2) is 6.61 Å².